The Balaban J connectivity index is 3.38. The number of aromatic nitrogens is 2. The summed E-state index contributed by atoms with van der Waals surface area (Å²) in [6, 6.07) is 0. The lowest BCUT2D eigenvalue weighted by atomic mass is 9.91. The van der Waals surface area contributed by atoms with Crippen LogP contribution in [-0.2, 0) is 17.9 Å². The Morgan fingerprint density at radius 2 is 1.40 bits per heavy atom. The first-order chi connectivity index (χ1) is 6.55. The topological polar surface area (TPSA) is 17.8 Å². The Morgan fingerprint density at radius 3 is 1.60 bits per heavy atom. The van der Waals surface area contributed by atoms with Gasteiger partial charge in [0, 0.05) is 23.6 Å². The fourth-order valence-corrected chi connectivity index (χ4v) is 1.96. The lowest BCUT2D eigenvalue weighted by molar-refractivity contribution is 0.515. The minimum Gasteiger partial charge on any atom is -0.335 e. The minimum atomic E-state index is 0.114. The molecule has 2 nitrogen and oxygen atoms in total. The van der Waals surface area contributed by atoms with E-state index in [0.717, 1.165) is 0 Å². The molecule has 0 saturated heterocycles. The minimum absolute atomic E-state index is 0.114. The standard InChI is InChI=1S/C13H24N2/c1-9-10(12(2,3)4)14-11(15(9)8)13(5,6)7/h1-8H3. The molecule has 0 N–H and O–H groups in total. The van der Waals surface area contributed by atoms with Crippen LogP contribution in [-0.4, -0.2) is 9.55 Å². The Hall–Kier alpha value is -0.790. The van der Waals surface area contributed by atoms with Crippen LogP contribution in [0.2, 0.25) is 0 Å². The monoisotopic (exact) mass is 208 g/mol. The SMILES string of the molecule is Cc1c(C(C)(C)C)nc(C(C)(C)C)n1C. The Bertz CT molecular complexity index is 325. The lowest BCUT2D eigenvalue weighted by Gasteiger charge is -2.18. The molecular formula is C13H24N2. The molecule has 1 aromatic heterocycles. The maximum Gasteiger partial charge on any atom is 0.114 e. The summed E-state index contributed by atoms with van der Waals surface area (Å²) in [4.78, 5) is 4.81. The molecule has 0 amide bonds. The summed E-state index contributed by atoms with van der Waals surface area (Å²) in [5.41, 5.74) is 2.75. The molecule has 0 aliphatic rings. The van der Waals surface area contributed by atoms with Gasteiger partial charge in [0.05, 0.1) is 5.69 Å². The molecule has 86 valence electrons. The summed E-state index contributed by atoms with van der Waals surface area (Å²) >= 11 is 0. The molecule has 1 heterocycles. The number of nitrogens with zero attached hydrogens (tertiary/aromatic N) is 2. The van der Waals surface area contributed by atoms with E-state index in [1.807, 2.05) is 0 Å². The van der Waals surface area contributed by atoms with Crippen LogP contribution in [0.25, 0.3) is 0 Å². The summed E-state index contributed by atoms with van der Waals surface area (Å²) in [7, 11) is 2.11. The first-order valence-corrected chi connectivity index (χ1v) is 5.59. The largest absolute Gasteiger partial charge is 0.335 e. The quantitative estimate of drug-likeness (QED) is 0.639. The van der Waals surface area contributed by atoms with E-state index >= 15 is 0 Å². The molecular weight excluding hydrogens is 184 g/mol. The summed E-state index contributed by atoms with van der Waals surface area (Å²) in [6.07, 6.45) is 0. The van der Waals surface area contributed by atoms with Crippen molar-refractivity contribution in [1.82, 2.24) is 9.55 Å². The van der Waals surface area contributed by atoms with Gasteiger partial charge in [0.25, 0.3) is 0 Å². The highest BCUT2D eigenvalue weighted by Crippen LogP contribution is 2.29. The molecule has 15 heavy (non-hydrogen) atoms. The van der Waals surface area contributed by atoms with Crippen LogP contribution in [0, 0.1) is 6.92 Å². The zero-order valence-electron chi connectivity index (χ0n) is 11.4. The van der Waals surface area contributed by atoms with E-state index in [9.17, 15) is 0 Å². The number of rotatable bonds is 0. The zero-order valence-corrected chi connectivity index (χ0v) is 11.4. The van der Waals surface area contributed by atoms with Crippen molar-refractivity contribution in [2.24, 2.45) is 7.05 Å². The molecule has 0 saturated carbocycles. The molecule has 0 bridgehead atoms. The first-order valence-electron chi connectivity index (χ1n) is 5.59. The van der Waals surface area contributed by atoms with Crippen molar-refractivity contribution in [1.29, 1.82) is 0 Å². The van der Waals surface area contributed by atoms with Crippen LogP contribution >= 0.6 is 0 Å². The van der Waals surface area contributed by atoms with Gasteiger partial charge in [-0.3, -0.25) is 0 Å². The predicted molar refractivity (Wildman–Crippen MR) is 65.3 cm³/mol. The maximum absolute atomic E-state index is 4.81. The highest BCUT2D eigenvalue weighted by Gasteiger charge is 2.27. The van der Waals surface area contributed by atoms with Gasteiger partial charge < -0.3 is 4.57 Å². The summed E-state index contributed by atoms with van der Waals surface area (Å²) in [5.74, 6) is 1.17. The molecule has 2 heteroatoms. The van der Waals surface area contributed by atoms with Gasteiger partial charge >= 0.3 is 0 Å². The third kappa shape index (κ3) is 2.24. The Kier molecular flexibility index (Phi) is 2.75. The average Bonchev–Trinajstić information content (AvgIpc) is 2.26. The molecule has 0 spiro atoms. The molecule has 0 aliphatic heterocycles. The lowest BCUT2D eigenvalue weighted by Crippen LogP contribution is -2.18. The van der Waals surface area contributed by atoms with Crippen molar-refractivity contribution in [3.63, 3.8) is 0 Å². The van der Waals surface area contributed by atoms with Gasteiger partial charge in [0.15, 0.2) is 0 Å². The van der Waals surface area contributed by atoms with Crippen molar-refractivity contribution < 1.29 is 0 Å². The van der Waals surface area contributed by atoms with E-state index in [2.05, 4.69) is 60.1 Å². The molecule has 0 aliphatic carbocycles. The third-order valence-electron chi connectivity index (χ3n) is 2.76. The highest BCUT2D eigenvalue weighted by atomic mass is 15.1. The van der Waals surface area contributed by atoms with Gasteiger partial charge in [-0.15, -0.1) is 0 Å². The summed E-state index contributed by atoms with van der Waals surface area (Å²) in [6.45, 7) is 15.4. The fourth-order valence-electron chi connectivity index (χ4n) is 1.96. The summed E-state index contributed by atoms with van der Waals surface area (Å²) in [5, 5.41) is 0. The van der Waals surface area contributed by atoms with Crippen molar-refractivity contribution in [3.8, 4) is 0 Å². The average molecular weight is 208 g/mol. The first kappa shape index (κ1) is 12.3. The van der Waals surface area contributed by atoms with Gasteiger partial charge in [-0.25, -0.2) is 4.98 Å². The molecule has 0 aromatic carbocycles. The number of hydrogen-bond acceptors (Lipinski definition) is 1. The highest BCUT2D eigenvalue weighted by molar-refractivity contribution is 5.25. The van der Waals surface area contributed by atoms with Gasteiger partial charge in [-0.05, 0) is 6.92 Å². The second kappa shape index (κ2) is 3.36. The van der Waals surface area contributed by atoms with E-state index in [-0.39, 0.29) is 10.8 Å². The van der Waals surface area contributed by atoms with Crippen LogP contribution < -0.4 is 0 Å². The van der Waals surface area contributed by atoms with Crippen LogP contribution in [0.3, 0.4) is 0 Å². The van der Waals surface area contributed by atoms with Gasteiger partial charge in [-0.2, -0.15) is 0 Å². The number of hydrogen-bond donors (Lipinski definition) is 0. The van der Waals surface area contributed by atoms with E-state index in [1.54, 1.807) is 0 Å². The van der Waals surface area contributed by atoms with E-state index < -0.39 is 0 Å². The summed E-state index contributed by atoms with van der Waals surface area (Å²) < 4.78 is 2.22. The van der Waals surface area contributed by atoms with Crippen molar-refractivity contribution in [2.45, 2.75) is 59.3 Å². The van der Waals surface area contributed by atoms with E-state index in [4.69, 9.17) is 4.98 Å². The van der Waals surface area contributed by atoms with E-state index in [1.165, 1.54) is 17.2 Å². The Labute approximate surface area is 93.7 Å². The second-order valence-electron chi connectivity index (χ2n) is 6.43. The van der Waals surface area contributed by atoms with Gasteiger partial charge in [0.2, 0.25) is 0 Å². The van der Waals surface area contributed by atoms with Gasteiger partial charge in [0.1, 0.15) is 5.82 Å². The molecule has 0 fully saturated rings. The smallest absolute Gasteiger partial charge is 0.114 e. The predicted octanol–water partition coefficient (Wildman–Crippen LogP) is 3.32. The normalized spacial score (nSPS) is 13.3. The van der Waals surface area contributed by atoms with E-state index in [0.29, 0.717) is 0 Å². The molecule has 0 atom stereocenters. The zero-order chi connectivity index (χ0) is 12.0. The molecule has 1 rings (SSSR count). The Morgan fingerprint density at radius 1 is 0.933 bits per heavy atom. The van der Waals surface area contributed by atoms with Crippen molar-refractivity contribution >= 4 is 0 Å². The molecule has 1 aromatic rings. The molecule has 0 unspecified atom stereocenters. The molecule has 0 radical (unpaired) electrons. The van der Waals surface area contributed by atoms with Crippen LogP contribution in [0.5, 0.6) is 0 Å². The van der Waals surface area contributed by atoms with Crippen LogP contribution in [0.4, 0.5) is 0 Å². The van der Waals surface area contributed by atoms with Crippen LogP contribution in [0.1, 0.15) is 58.8 Å². The van der Waals surface area contributed by atoms with Crippen LogP contribution in [0.15, 0.2) is 0 Å². The third-order valence-corrected chi connectivity index (χ3v) is 2.76. The second-order valence-corrected chi connectivity index (χ2v) is 6.43. The van der Waals surface area contributed by atoms with Gasteiger partial charge in [-0.1, -0.05) is 41.5 Å². The maximum atomic E-state index is 4.81. The number of imidazole rings is 1. The van der Waals surface area contributed by atoms with Crippen molar-refractivity contribution in [2.75, 3.05) is 0 Å². The van der Waals surface area contributed by atoms with Crippen molar-refractivity contribution in [3.05, 3.63) is 17.2 Å². The fraction of sp³-hybridized carbons (Fsp3) is 0.769.